The van der Waals surface area contributed by atoms with E-state index in [0.717, 1.165) is 22.3 Å². The third-order valence-corrected chi connectivity index (χ3v) is 4.05. The topological polar surface area (TPSA) is 40.5 Å². The molecule has 2 aromatic rings. The Morgan fingerprint density at radius 1 is 0.952 bits per heavy atom. The molecule has 0 unspecified atom stereocenters. The number of aliphatic hydroxyl groups excluding tert-OH is 1. The molecule has 0 aliphatic heterocycles. The lowest BCUT2D eigenvalue weighted by molar-refractivity contribution is 0.277. The van der Waals surface area contributed by atoms with Gasteiger partial charge in [-0.15, -0.1) is 0 Å². The number of rotatable bonds is 4. The van der Waals surface area contributed by atoms with Crippen molar-refractivity contribution < 1.29 is 10.2 Å². The molecule has 112 valence electrons. The first-order valence-corrected chi connectivity index (χ1v) is 7.44. The Balaban J connectivity index is 2.45. The predicted molar refractivity (Wildman–Crippen MR) is 87.0 cm³/mol. The zero-order chi connectivity index (χ0) is 15.6. The Morgan fingerprint density at radius 3 is 2.00 bits per heavy atom. The summed E-state index contributed by atoms with van der Waals surface area (Å²) in [6.45, 7) is 8.25. The molecule has 1 atom stereocenters. The van der Waals surface area contributed by atoms with Gasteiger partial charge in [-0.25, -0.2) is 0 Å². The summed E-state index contributed by atoms with van der Waals surface area (Å²) in [4.78, 5) is 0. The summed E-state index contributed by atoms with van der Waals surface area (Å²) < 4.78 is 0. The van der Waals surface area contributed by atoms with Crippen molar-refractivity contribution in [2.45, 2.75) is 39.5 Å². The molecular formula is C19H24O2. The Kier molecular flexibility index (Phi) is 4.69. The van der Waals surface area contributed by atoms with Gasteiger partial charge in [-0.2, -0.15) is 0 Å². The van der Waals surface area contributed by atoms with Gasteiger partial charge in [0.1, 0.15) is 5.75 Å². The second kappa shape index (κ2) is 6.31. The average molecular weight is 284 g/mol. The lowest BCUT2D eigenvalue weighted by Gasteiger charge is -2.20. The van der Waals surface area contributed by atoms with E-state index in [9.17, 15) is 10.2 Å². The molecule has 2 N–H and O–H groups in total. The van der Waals surface area contributed by atoms with Crippen molar-refractivity contribution in [3.05, 3.63) is 64.2 Å². The first kappa shape index (κ1) is 15.6. The first-order valence-electron chi connectivity index (χ1n) is 7.44. The largest absolute Gasteiger partial charge is 0.508 e. The molecule has 2 rings (SSSR count). The van der Waals surface area contributed by atoms with Crippen molar-refractivity contribution in [2.24, 2.45) is 0 Å². The smallest absolute Gasteiger partial charge is 0.120 e. The van der Waals surface area contributed by atoms with E-state index in [1.807, 2.05) is 19.9 Å². The SMILES string of the molecule is Cc1cc(C)c([C@H](CO)c2ccc(C(C)C)cc2)c(O)c1. The fourth-order valence-electron chi connectivity index (χ4n) is 2.89. The number of hydrogen-bond donors (Lipinski definition) is 2. The molecule has 0 amide bonds. The van der Waals surface area contributed by atoms with Gasteiger partial charge in [0.05, 0.1) is 6.61 Å². The van der Waals surface area contributed by atoms with Crippen LogP contribution < -0.4 is 0 Å². The Bertz CT molecular complexity index is 589. The van der Waals surface area contributed by atoms with Crippen molar-refractivity contribution >= 4 is 0 Å². The van der Waals surface area contributed by atoms with E-state index in [2.05, 4.69) is 38.1 Å². The molecule has 0 saturated heterocycles. The second-order valence-corrected chi connectivity index (χ2v) is 6.07. The fourth-order valence-corrected chi connectivity index (χ4v) is 2.89. The summed E-state index contributed by atoms with van der Waals surface area (Å²) in [7, 11) is 0. The van der Waals surface area contributed by atoms with Gasteiger partial charge < -0.3 is 10.2 Å². The molecule has 0 aliphatic carbocycles. The molecule has 0 radical (unpaired) electrons. The number of aromatic hydroxyl groups is 1. The van der Waals surface area contributed by atoms with E-state index < -0.39 is 0 Å². The molecule has 2 aromatic carbocycles. The highest BCUT2D eigenvalue weighted by Gasteiger charge is 2.19. The summed E-state index contributed by atoms with van der Waals surface area (Å²) in [6.07, 6.45) is 0. The lowest BCUT2D eigenvalue weighted by atomic mass is 9.86. The van der Waals surface area contributed by atoms with Crippen LogP contribution in [-0.4, -0.2) is 16.8 Å². The molecule has 2 heteroatoms. The minimum absolute atomic E-state index is 0.0154. The number of phenolic OH excluding ortho intramolecular Hbond substituents is 1. The highest BCUT2D eigenvalue weighted by molar-refractivity contribution is 5.48. The molecule has 0 aromatic heterocycles. The zero-order valence-corrected chi connectivity index (χ0v) is 13.2. The molecule has 0 saturated carbocycles. The lowest BCUT2D eigenvalue weighted by Crippen LogP contribution is -2.09. The minimum Gasteiger partial charge on any atom is -0.508 e. The van der Waals surface area contributed by atoms with Crippen LogP contribution in [0.5, 0.6) is 5.75 Å². The summed E-state index contributed by atoms with van der Waals surface area (Å²) in [6, 6.07) is 12.1. The molecule has 2 nitrogen and oxygen atoms in total. The maximum Gasteiger partial charge on any atom is 0.120 e. The number of phenols is 1. The van der Waals surface area contributed by atoms with E-state index >= 15 is 0 Å². The van der Waals surface area contributed by atoms with Crippen LogP contribution in [-0.2, 0) is 0 Å². The van der Waals surface area contributed by atoms with Crippen LogP contribution in [0.3, 0.4) is 0 Å². The van der Waals surface area contributed by atoms with Crippen LogP contribution in [0.2, 0.25) is 0 Å². The van der Waals surface area contributed by atoms with Crippen molar-refractivity contribution in [3.63, 3.8) is 0 Å². The predicted octanol–water partition coefficient (Wildman–Crippen LogP) is 4.26. The third-order valence-electron chi connectivity index (χ3n) is 4.05. The van der Waals surface area contributed by atoms with Crippen LogP contribution in [0.4, 0.5) is 0 Å². The van der Waals surface area contributed by atoms with E-state index in [1.54, 1.807) is 6.07 Å². The van der Waals surface area contributed by atoms with E-state index in [-0.39, 0.29) is 18.3 Å². The van der Waals surface area contributed by atoms with E-state index in [4.69, 9.17) is 0 Å². The van der Waals surface area contributed by atoms with Crippen LogP contribution in [0.1, 0.15) is 53.5 Å². The van der Waals surface area contributed by atoms with Gasteiger partial charge in [0.2, 0.25) is 0 Å². The molecule has 0 fully saturated rings. The highest BCUT2D eigenvalue weighted by Crippen LogP contribution is 2.35. The summed E-state index contributed by atoms with van der Waals surface area (Å²) in [5.74, 6) is 0.562. The number of benzene rings is 2. The van der Waals surface area contributed by atoms with E-state index in [1.165, 1.54) is 5.56 Å². The Hall–Kier alpha value is -1.80. The molecule has 21 heavy (non-hydrogen) atoms. The van der Waals surface area contributed by atoms with Crippen molar-refractivity contribution in [3.8, 4) is 5.75 Å². The normalized spacial score (nSPS) is 12.7. The van der Waals surface area contributed by atoms with Crippen molar-refractivity contribution in [2.75, 3.05) is 6.61 Å². The number of aliphatic hydroxyl groups is 1. The van der Waals surface area contributed by atoms with Crippen LogP contribution in [0.15, 0.2) is 36.4 Å². The van der Waals surface area contributed by atoms with Crippen molar-refractivity contribution in [1.29, 1.82) is 0 Å². The molecule has 0 bridgehead atoms. The number of aryl methyl sites for hydroxylation is 2. The zero-order valence-electron chi connectivity index (χ0n) is 13.2. The van der Waals surface area contributed by atoms with Gasteiger partial charge in [-0.3, -0.25) is 0 Å². The number of hydrogen-bond acceptors (Lipinski definition) is 2. The summed E-state index contributed by atoms with van der Waals surface area (Å²) >= 11 is 0. The molecule has 0 heterocycles. The first-order chi connectivity index (χ1) is 9.93. The maximum atomic E-state index is 10.3. The van der Waals surface area contributed by atoms with Gasteiger partial charge in [0, 0.05) is 11.5 Å². The second-order valence-electron chi connectivity index (χ2n) is 6.07. The van der Waals surface area contributed by atoms with Crippen molar-refractivity contribution in [1.82, 2.24) is 0 Å². The standard InChI is InChI=1S/C19H24O2/c1-12(2)15-5-7-16(8-6-15)17(11-20)19-14(4)9-13(3)10-18(19)21/h5-10,12,17,20-21H,11H2,1-4H3/t17-/m1/s1. The maximum absolute atomic E-state index is 10.3. The Morgan fingerprint density at radius 2 is 1.52 bits per heavy atom. The third kappa shape index (κ3) is 3.27. The van der Waals surface area contributed by atoms with Gasteiger partial charge in [0.25, 0.3) is 0 Å². The van der Waals surface area contributed by atoms with Crippen LogP contribution in [0, 0.1) is 13.8 Å². The molecule has 0 aliphatic rings. The molecule has 0 spiro atoms. The van der Waals surface area contributed by atoms with Gasteiger partial charge >= 0.3 is 0 Å². The molecular weight excluding hydrogens is 260 g/mol. The van der Waals surface area contributed by atoms with Gasteiger partial charge in [-0.05, 0) is 48.1 Å². The van der Waals surface area contributed by atoms with Gasteiger partial charge in [0.15, 0.2) is 0 Å². The van der Waals surface area contributed by atoms with Crippen LogP contribution in [0.25, 0.3) is 0 Å². The summed E-state index contributed by atoms with van der Waals surface area (Å²) in [5.41, 5.74) is 5.17. The fraction of sp³-hybridized carbons (Fsp3) is 0.368. The van der Waals surface area contributed by atoms with E-state index in [0.29, 0.717) is 5.92 Å². The van der Waals surface area contributed by atoms with Gasteiger partial charge in [-0.1, -0.05) is 44.2 Å². The average Bonchev–Trinajstić information content (AvgIpc) is 2.42. The quantitative estimate of drug-likeness (QED) is 0.881. The highest BCUT2D eigenvalue weighted by atomic mass is 16.3. The monoisotopic (exact) mass is 284 g/mol. The Labute approximate surface area is 127 Å². The van der Waals surface area contributed by atoms with Crippen LogP contribution >= 0.6 is 0 Å². The summed E-state index contributed by atoms with van der Waals surface area (Å²) in [5, 5.41) is 20.1. The minimum atomic E-state index is -0.188.